The Morgan fingerprint density at radius 2 is 0.662 bits per heavy atom. The lowest BCUT2D eigenvalue weighted by atomic mass is 9.99. The maximum atomic E-state index is 12.9. The smallest absolute Gasteiger partial charge is 0.462 e. The molecule has 3 N–H and O–H groups in total. The number of unbranched alkanes of at least 4 members (excludes halogenated alkanes) is 23. The predicted molar refractivity (Wildman–Crippen MR) is 303 cm³/mol. The molecule has 3 unspecified atom stereocenters. The zero-order valence-corrected chi connectivity index (χ0v) is 51.2. The van der Waals surface area contributed by atoms with Crippen LogP contribution < -0.4 is 0 Å². The molecule has 77 heavy (non-hydrogen) atoms. The molecule has 6 atom stereocenters. The van der Waals surface area contributed by atoms with E-state index in [9.17, 15) is 43.2 Å². The van der Waals surface area contributed by atoms with Crippen LogP contribution in [0.25, 0.3) is 0 Å². The summed E-state index contributed by atoms with van der Waals surface area (Å²) >= 11 is 0. The van der Waals surface area contributed by atoms with Gasteiger partial charge < -0.3 is 33.8 Å². The number of hydrogen-bond donors (Lipinski definition) is 3. The molecule has 0 aliphatic rings. The minimum absolute atomic E-state index is 0.102. The van der Waals surface area contributed by atoms with E-state index in [-0.39, 0.29) is 25.7 Å². The quantitative estimate of drug-likeness (QED) is 0.0222. The molecule has 0 bridgehead atoms. The molecule has 17 nitrogen and oxygen atoms in total. The molecular formula is C58H112O17P2. The minimum atomic E-state index is -4.94. The number of ether oxygens (including phenoxy) is 4. The standard InChI is InChI=1S/C58H112O17P2/c1-8-10-11-22-32-39-55(60)68-45-53(74-58(63)42-35-28-21-15-17-24-30-37-50(5)6)47-72-76(64,65)70-43-52(59)44-71-77(66,67)73-48-54(46-69-56(61)40-33-26-20-14-16-23-29-36-49(3)4)75-57(62)41-34-27-19-13-12-18-25-31-38-51(7)9-2/h49-54,59H,8-48H2,1-7H3,(H,64,65)(H,66,67)/t51?,52-,53+,54+/m0/s1. The van der Waals surface area contributed by atoms with Gasteiger partial charge in [-0.15, -0.1) is 0 Å². The van der Waals surface area contributed by atoms with Crippen molar-refractivity contribution < 1.29 is 80.2 Å². The number of phosphoric acid groups is 2. The van der Waals surface area contributed by atoms with Crippen LogP contribution >= 0.6 is 15.6 Å². The number of esters is 4. The molecule has 0 aromatic heterocycles. The molecule has 0 saturated carbocycles. The highest BCUT2D eigenvalue weighted by Gasteiger charge is 2.30. The normalized spacial score (nSPS) is 14.9. The number of carbonyl (C=O) groups excluding carboxylic acids is 4. The van der Waals surface area contributed by atoms with Gasteiger partial charge in [-0.3, -0.25) is 37.3 Å². The Bertz CT molecular complexity index is 1550. The van der Waals surface area contributed by atoms with Crippen molar-refractivity contribution in [2.75, 3.05) is 39.6 Å². The van der Waals surface area contributed by atoms with Crippen LogP contribution in [0.4, 0.5) is 0 Å². The first-order valence-corrected chi connectivity index (χ1v) is 33.4. The molecule has 0 saturated heterocycles. The number of aliphatic hydroxyl groups excluding tert-OH is 1. The van der Waals surface area contributed by atoms with Crippen LogP contribution in [-0.4, -0.2) is 96.7 Å². The molecule has 0 spiro atoms. The Labute approximate surface area is 467 Å². The van der Waals surface area contributed by atoms with Gasteiger partial charge in [0.15, 0.2) is 12.2 Å². The van der Waals surface area contributed by atoms with Crippen molar-refractivity contribution in [1.82, 2.24) is 0 Å². The van der Waals surface area contributed by atoms with Gasteiger partial charge in [0.25, 0.3) is 0 Å². The number of aliphatic hydroxyl groups is 1. The molecule has 456 valence electrons. The third kappa shape index (κ3) is 51.9. The van der Waals surface area contributed by atoms with Crippen molar-refractivity contribution in [2.24, 2.45) is 17.8 Å². The summed E-state index contributed by atoms with van der Waals surface area (Å²) in [7, 11) is -9.87. The van der Waals surface area contributed by atoms with E-state index in [1.807, 2.05) is 0 Å². The lowest BCUT2D eigenvalue weighted by Crippen LogP contribution is -2.30. The van der Waals surface area contributed by atoms with E-state index in [2.05, 4.69) is 48.5 Å². The summed E-state index contributed by atoms with van der Waals surface area (Å²) in [6.07, 6.45) is 28.5. The molecule has 0 heterocycles. The Morgan fingerprint density at radius 1 is 0.377 bits per heavy atom. The summed E-state index contributed by atoms with van der Waals surface area (Å²) in [5.41, 5.74) is 0. The van der Waals surface area contributed by atoms with Gasteiger partial charge in [-0.05, 0) is 43.4 Å². The Balaban J connectivity index is 5.20. The lowest BCUT2D eigenvalue weighted by Gasteiger charge is -2.21. The van der Waals surface area contributed by atoms with Crippen molar-refractivity contribution in [3.8, 4) is 0 Å². The predicted octanol–water partition coefficient (Wildman–Crippen LogP) is 15.2. The largest absolute Gasteiger partial charge is 0.472 e. The zero-order valence-electron chi connectivity index (χ0n) is 49.4. The first-order valence-electron chi connectivity index (χ1n) is 30.4. The molecule has 0 aliphatic heterocycles. The van der Waals surface area contributed by atoms with Gasteiger partial charge >= 0.3 is 39.5 Å². The van der Waals surface area contributed by atoms with E-state index in [0.29, 0.717) is 37.5 Å². The van der Waals surface area contributed by atoms with Gasteiger partial charge in [-0.25, -0.2) is 9.13 Å². The van der Waals surface area contributed by atoms with Gasteiger partial charge in [0.1, 0.15) is 19.3 Å². The monoisotopic (exact) mass is 1140 g/mol. The number of rotatable bonds is 56. The van der Waals surface area contributed by atoms with E-state index in [1.54, 1.807) is 0 Å². The van der Waals surface area contributed by atoms with Gasteiger partial charge in [0.2, 0.25) is 0 Å². The average molecular weight is 1140 g/mol. The van der Waals surface area contributed by atoms with E-state index in [0.717, 1.165) is 109 Å². The van der Waals surface area contributed by atoms with E-state index in [4.69, 9.17) is 37.0 Å². The molecule has 0 aromatic rings. The second-order valence-corrected chi connectivity index (χ2v) is 25.1. The first-order chi connectivity index (χ1) is 36.8. The van der Waals surface area contributed by atoms with E-state index in [1.165, 1.54) is 70.6 Å². The molecule has 0 aliphatic carbocycles. The van der Waals surface area contributed by atoms with Gasteiger partial charge in [-0.2, -0.15) is 0 Å². The zero-order chi connectivity index (χ0) is 57.4. The number of phosphoric ester groups is 2. The average Bonchev–Trinajstić information content (AvgIpc) is 3.38. The molecule has 0 fully saturated rings. The third-order valence-electron chi connectivity index (χ3n) is 13.5. The molecule has 0 aromatic carbocycles. The Kier molecular flexibility index (Phi) is 48.6. The second kappa shape index (κ2) is 49.8. The van der Waals surface area contributed by atoms with Crippen LogP contribution in [0.15, 0.2) is 0 Å². The van der Waals surface area contributed by atoms with Gasteiger partial charge in [0, 0.05) is 25.7 Å². The topological polar surface area (TPSA) is 237 Å². The SMILES string of the molecule is CCCCCCCC(=O)OC[C@H](COP(=O)(O)OC[C@H](O)COP(=O)(O)OC[C@@H](COC(=O)CCCCCCCCCC(C)C)OC(=O)CCCCCCCCCCC(C)CC)OC(=O)CCCCCCCCCC(C)C. The summed E-state index contributed by atoms with van der Waals surface area (Å²) in [6.45, 7) is 11.5. The second-order valence-electron chi connectivity index (χ2n) is 22.2. The van der Waals surface area contributed by atoms with Crippen molar-refractivity contribution in [3.05, 3.63) is 0 Å². The summed E-state index contributed by atoms with van der Waals surface area (Å²) in [5.74, 6) is 0.0120. The third-order valence-corrected chi connectivity index (χ3v) is 15.4. The molecule has 0 rings (SSSR count). The Morgan fingerprint density at radius 3 is 0.987 bits per heavy atom. The van der Waals surface area contributed by atoms with Gasteiger partial charge in [0.05, 0.1) is 26.4 Å². The highest BCUT2D eigenvalue weighted by molar-refractivity contribution is 7.47. The van der Waals surface area contributed by atoms with Crippen molar-refractivity contribution in [3.63, 3.8) is 0 Å². The fourth-order valence-electron chi connectivity index (χ4n) is 8.39. The van der Waals surface area contributed by atoms with Crippen molar-refractivity contribution >= 4 is 39.5 Å². The summed E-state index contributed by atoms with van der Waals surface area (Å²) in [6, 6.07) is 0. The van der Waals surface area contributed by atoms with Crippen LogP contribution in [0.1, 0.15) is 273 Å². The highest BCUT2D eigenvalue weighted by atomic mass is 31.2. The van der Waals surface area contributed by atoms with Crippen molar-refractivity contribution in [1.29, 1.82) is 0 Å². The summed E-state index contributed by atoms with van der Waals surface area (Å²) in [5, 5.41) is 10.5. The fourth-order valence-corrected chi connectivity index (χ4v) is 9.97. The van der Waals surface area contributed by atoms with Crippen LogP contribution in [-0.2, 0) is 65.4 Å². The molecular weight excluding hydrogens is 1030 g/mol. The molecule has 19 heteroatoms. The van der Waals surface area contributed by atoms with Crippen LogP contribution in [0.3, 0.4) is 0 Å². The molecule has 0 radical (unpaired) electrons. The number of carbonyl (C=O) groups is 4. The van der Waals surface area contributed by atoms with Gasteiger partial charge in [-0.1, -0.05) is 222 Å². The summed E-state index contributed by atoms with van der Waals surface area (Å²) in [4.78, 5) is 71.6. The van der Waals surface area contributed by atoms with Crippen LogP contribution in [0.5, 0.6) is 0 Å². The minimum Gasteiger partial charge on any atom is -0.462 e. The maximum absolute atomic E-state index is 12.9. The van der Waals surface area contributed by atoms with Crippen LogP contribution in [0, 0.1) is 17.8 Å². The Hall–Kier alpha value is -1.94. The lowest BCUT2D eigenvalue weighted by molar-refractivity contribution is -0.161. The van der Waals surface area contributed by atoms with E-state index >= 15 is 0 Å². The number of hydrogen-bond acceptors (Lipinski definition) is 15. The van der Waals surface area contributed by atoms with Crippen LogP contribution in [0.2, 0.25) is 0 Å². The summed E-state index contributed by atoms with van der Waals surface area (Å²) < 4.78 is 67.5. The van der Waals surface area contributed by atoms with E-state index < -0.39 is 97.5 Å². The van der Waals surface area contributed by atoms with Crippen molar-refractivity contribution in [2.45, 2.75) is 292 Å². The first kappa shape index (κ1) is 75.1. The highest BCUT2D eigenvalue weighted by Crippen LogP contribution is 2.45. The fraction of sp³-hybridized carbons (Fsp3) is 0.931. The maximum Gasteiger partial charge on any atom is 0.472 e. The molecule has 0 amide bonds.